The fourth-order valence-corrected chi connectivity index (χ4v) is 2.72. The van der Waals surface area contributed by atoms with Crippen LogP contribution in [-0.2, 0) is 4.79 Å². The first-order valence-corrected chi connectivity index (χ1v) is 9.29. The molecule has 0 saturated heterocycles. The number of hydrogen-bond acceptors (Lipinski definition) is 8. The molecule has 11 nitrogen and oxygen atoms in total. The lowest BCUT2D eigenvalue weighted by Crippen LogP contribution is -3.00. The van der Waals surface area contributed by atoms with E-state index in [1.807, 2.05) is 0 Å². The molecule has 0 radical (unpaired) electrons. The van der Waals surface area contributed by atoms with Crippen molar-refractivity contribution in [3.05, 3.63) is 94.3 Å². The predicted molar refractivity (Wildman–Crippen MR) is 112 cm³/mol. The van der Waals surface area contributed by atoms with Crippen LogP contribution >= 0.6 is 0 Å². The molecule has 3 unspecified atom stereocenters. The first kappa shape index (κ1) is 23.0. The molecule has 11 heteroatoms. The Hall–Kier alpha value is -3.68. The summed E-state index contributed by atoms with van der Waals surface area (Å²) in [5, 5.41) is 52.2. The molecule has 32 heavy (non-hydrogen) atoms. The third-order valence-electron chi connectivity index (χ3n) is 4.29. The molecule has 0 aliphatic carbocycles. The highest BCUT2D eigenvalue weighted by Gasteiger charge is 2.17. The molecule has 0 bridgehead atoms. The molecule has 0 aromatic heterocycles. The summed E-state index contributed by atoms with van der Waals surface area (Å²) in [7, 11) is 0. The van der Waals surface area contributed by atoms with Gasteiger partial charge >= 0.3 is 0 Å². The number of nitrogens with one attached hydrogen (secondary N) is 3. The average molecular weight is 440 g/mol. The van der Waals surface area contributed by atoms with Crippen LogP contribution in [0.3, 0.4) is 0 Å². The summed E-state index contributed by atoms with van der Waals surface area (Å²) in [5.41, 5.74) is 2.72. The second-order valence-corrected chi connectivity index (χ2v) is 6.54. The van der Waals surface area contributed by atoms with Crippen molar-refractivity contribution in [1.82, 2.24) is 5.43 Å². The van der Waals surface area contributed by atoms with Crippen molar-refractivity contribution in [3.63, 3.8) is 0 Å². The van der Waals surface area contributed by atoms with Crippen LogP contribution in [-0.4, -0.2) is 27.6 Å². The molecule has 0 heterocycles. The average Bonchev–Trinajstić information content (AvgIpc) is 2.79. The van der Waals surface area contributed by atoms with Crippen molar-refractivity contribution in [3.8, 4) is 11.5 Å². The standard InChI is InChI=1S/C21H20N4O7/c26-20(15-6-2-1-3-7-15)21(27)23-22-13-14-5-4-8-17(11-14)32-19-10-9-16(24(28)29)12-18(19)25(30)31/h1-13,20,24-26,28,30H,(H,23,27). The summed E-state index contributed by atoms with van der Waals surface area (Å²) in [4.78, 5) is 12.0. The smallest absolute Gasteiger partial charge is 0.273 e. The van der Waals surface area contributed by atoms with Crippen molar-refractivity contribution in [1.29, 1.82) is 0 Å². The van der Waals surface area contributed by atoms with Gasteiger partial charge in [-0.15, -0.1) is 0 Å². The topological polar surface area (TPSA) is 166 Å². The first-order valence-electron chi connectivity index (χ1n) is 9.29. The lowest BCUT2D eigenvalue weighted by atomic mass is 10.1. The van der Waals surface area contributed by atoms with Gasteiger partial charge in [0, 0.05) is 6.07 Å². The number of amides is 1. The number of carbonyl (C=O) groups excluding carboxylic acids is 1. The molecule has 1 amide bonds. The second kappa shape index (κ2) is 10.6. The van der Waals surface area contributed by atoms with Crippen LogP contribution in [0.1, 0.15) is 17.2 Å². The van der Waals surface area contributed by atoms with Crippen LogP contribution in [0.2, 0.25) is 0 Å². The maximum absolute atomic E-state index is 12.0. The molecular weight excluding hydrogens is 420 g/mol. The highest BCUT2D eigenvalue weighted by molar-refractivity contribution is 5.85. The third kappa shape index (κ3) is 5.94. The number of hydrazone groups is 1. The molecule has 3 aromatic carbocycles. The van der Waals surface area contributed by atoms with E-state index in [1.54, 1.807) is 54.6 Å². The maximum Gasteiger partial charge on any atom is 0.273 e. The zero-order valence-corrected chi connectivity index (χ0v) is 16.5. The number of nitrogens with zero attached hydrogens (tertiary/aromatic N) is 1. The summed E-state index contributed by atoms with van der Waals surface area (Å²) in [6.07, 6.45) is -0.0417. The molecule has 0 fully saturated rings. The number of aliphatic hydroxyl groups excluding tert-OH is 1. The molecule has 6 N–H and O–H groups in total. The predicted octanol–water partition coefficient (Wildman–Crippen LogP) is 0.469. The molecular formula is C21H20N4O7. The van der Waals surface area contributed by atoms with E-state index in [4.69, 9.17) is 9.94 Å². The van der Waals surface area contributed by atoms with Crippen LogP contribution in [0, 0.1) is 10.4 Å². The minimum Gasteiger partial charge on any atom is -0.595 e. The van der Waals surface area contributed by atoms with Gasteiger partial charge in [0.15, 0.2) is 17.5 Å². The fourth-order valence-electron chi connectivity index (χ4n) is 2.72. The van der Waals surface area contributed by atoms with E-state index < -0.39 is 22.5 Å². The Morgan fingerprint density at radius 1 is 1.00 bits per heavy atom. The number of rotatable bonds is 8. The Bertz CT molecular complexity index is 1090. The van der Waals surface area contributed by atoms with Gasteiger partial charge < -0.3 is 20.3 Å². The number of quaternary nitrogens is 2. The summed E-state index contributed by atoms with van der Waals surface area (Å²) in [6, 6.07) is 18.3. The number of hydrogen-bond donors (Lipinski definition) is 6. The first-order chi connectivity index (χ1) is 15.3. The van der Waals surface area contributed by atoms with Gasteiger partial charge in [0.2, 0.25) is 5.69 Å². The summed E-state index contributed by atoms with van der Waals surface area (Å²) in [6.45, 7) is 0. The minimum absolute atomic E-state index is 0.0316. The lowest BCUT2D eigenvalue weighted by molar-refractivity contribution is -0.996. The van der Waals surface area contributed by atoms with Crippen LogP contribution in [0.25, 0.3) is 0 Å². The van der Waals surface area contributed by atoms with E-state index in [2.05, 4.69) is 10.5 Å². The van der Waals surface area contributed by atoms with E-state index in [0.29, 0.717) is 11.1 Å². The summed E-state index contributed by atoms with van der Waals surface area (Å²) >= 11 is 0. The number of ether oxygens (including phenoxy) is 1. The number of benzene rings is 3. The maximum atomic E-state index is 12.0. The summed E-state index contributed by atoms with van der Waals surface area (Å²) in [5.74, 6) is -0.462. The number of aliphatic hydroxyl groups is 1. The molecule has 0 spiro atoms. The Labute approximate surface area is 182 Å². The van der Waals surface area contributed by atoms with Gasteiger partial charge in [0.1, 0.15) is 5.75 Å². The van der Waals surface area contributed by atoms with Gasteiger partial charge in [0.25, 0.3) is 5.91 Å². The highest BCUT2D eigenvalue weighted by Crippen LogP contribution is 2.29. The normalized spacial score (nSPS) is 14.0. The van der Waals surface area contributed by atoms with E-state index >= 15 is 0 Å². The molecule has 3 aromatic rings. The SMILES string of the molecule is O=C(NN=Cc1cccc(Oc2ccc([NH+]([O-])O)cc2[NH+]([O-])O)c1)C(O)c1ccccc1. The van der Waals surface area contributed by atoms with Crippen LogP contribution < -0.4 is 20.6 Å². The third-order valence-corrected chi connectivity index (χ3v) is 4.29. The van der Waals surface area contributed by atoms with Crippen molar-refractivity contribution < 1.29 is 35.5 Å². The monoisotopic (exact) mass is 440 g/mol. The second-order valence-electron chi connectivity index (χ2n) is 6.54. The Morgan fingerprint density at radius 2 is 1.75 bits per heavy atom. The fraction of sp³-hybridized carbons (Fsp3) is 0.0476. The van der Waals surface area contributed by atoms with E-state index in [0.717, 1.165) is 6.07 Å². The lowest BCUT2D eigenvalue weighted by Gasteiger charge is -2.18. The van der Waals surface area contributed by atoms with Crippen molar-refractivity contribution in [2.45, 2.75) is 6.10 Å². The molecule has 166 valence electrons. The van der Waals surface area contributed by atoms with Crippen molar-refractivity contribution >= 4 is 23.5 Å². The molecule has 3 atom stereocenters. The van der Waals surface area contributed by atoms with E-state index in [1.165, 1.54) is 18.3 Å². The Morgan fingerprint density at radius 3 is 2.44 bits per heavy atom. The Kier molecular flexibility index (Phi) is 7.59. The van der Waals surface area contributed by atoms with Crippen LogP contribution in [0.5, 0.6) is 11.5 Å². The zero-order chi connectivity index (χ0) is 23.1. The van der Waals surface area contributed by atoms with E-state index in [-0.39, 0.29) is 22.9 Å². The van der Waals surface area contributed by atoms with Gasteiger partial charge in [-0.2, -0.15) is 15.6 Å². The zero-order valence-electron chi connectivity index (χ0n) is 16.5. The van der Waals surface area contributed by atoms with Gasteiger partial charge in [-0.05, 0) is 29.3 Å². The largest absolute Gasteiger partial charge is 0.595 e. The van der Waals surface area contributed by atoms with Crippen LogP contribution in [0.15, 0.2) is 77.9 Å². The molecule has 0 saturated carbocycles. The molecule has 3 rings (SSSR count). The minimum atomic E-state index is -1.37. The van der Waals surface area contributed by atoms with Crippen molar-refractivity contribution in [2.75, 3.05) is 0 Å². The van der Waals surface area contributed by atoms with E-state index in [9.17, 15) is 25.5 Å². The molecule has 0 aliphatic rings. The van der Waals surface area contributed by atoms with Gasteiger partial charge in [-0.25, -0.2) is 15.8 Å². The molecule has 0 aliphatic heterocycles. The quantitative estimate of drug-likeness (QED) is 0.219. The summed E-state index contributed by atoms with van der Waals surface area (Å²) < 4.78 is 5.61. The highest BCUT2D eigenvalue weighted by atomic mass is 16.8. The van der Waals surface area contributed by atoms with Crippen LogP contribution in [0.4, 0.5) is 11.4 Å². The van der Waals surface area contributed by atoms with Gasteiger partial charge in [-0.3, -0.25) is 4.79 Å². The van der Waals surface area contributed by atoms with Crippen molar-refractivity contribution in [2.24, 2.45) is 5.10 Å². The number of carbonyl (C=O) groups is 1. The van der Waals surface area contributed by atoms with Gasteiger partial charge in [-0.1, -0.05) is 42.5 Å². The Balaban J connectivity index is 1.69. The van der Waals surface area contributed by atoms with Gasteiger partial charge in [0.05, 0.1) is 12.3 Å².